The molecular weight excluding hydrogens is 340 g/mol. The molecule has 6 nitrogen and oxygen atoms in total. The smallest absolute Gasteiger partial charge is 0.427 e. The SMILES string of the molecule is O=C(c1c[nH]c2ccccc2c1=O)N1N=Cc2cc(Cl)ccc2B1O. The van der Waals surface area contributed by atoms with Gasteiger partial charge in [-0.3, -0.25) is 9.59 Å². The fraction of sp³-hybridized carbons (Fsp3) is 0. The van der Waals surface area contributed by atoms with Crippen LogP contribution in [0, 0.1) is 0 Å². The maximum absolute atomic E-state index is 12.8. The van der Waals surface area contributed by atoms with Crippen molar-refractivity contribution in [3.63, 3.8) is 0 Å². The second-order valence-corrected chi connectivity index (χ2v) is 6.05. The summed E-state index contributed by atoms with van der Waals surface area (Å²) < 4.78 is 0. The predicted octanol–water partition coefficient (Wildman–Crippen LogP) is 1.36. The highest BCUT2D eigenvalue weighted by Gasteiger charge is 2.35. The van der Waals surface area contributed by atoms with Crippen LogP contribution in [0.1, 0.15) is 15.9 Å². The zero-order valence-corrected chi connectivity index (χ0v) is 13.6. The van der Waals surface area contributed by atoms with Gasteiger partial charge >= 0.3 is 7.05 Å². The molecule has 8 heteroatoms. The molecule has 122 valence electrons. The van der Waals surface area contributed by atoms with E-state index < -0.39 is 18.4 Å². The van der Waals surface area contributed by atoms with Gasteiger partial charge in [0.25, 0.3) is 5.91 Å². The second kappa shape index (κ2) is 5.88. The Morgan fingerprint density at radius 1 is 1.24 bits per heavy atom. The Morgan fingerprint density at radius 3 is 2.88 bits per heavy atom. The van der Waals surface area contributed by atoms with Gasteiger partial charge in [-0.2, -0.15) is 5.10 Å². The molecule has 2 N–H and O–H groups in total. The Labute approximate surface area is 147 Å². The standard InChI is InChI=1S/C17H11BClN3O3/c19-11-5-6-14-10(7-11)8-21-22(18(14)25)17(24)13-9-20-15-4-2-1-3-12(15)16(13)23/h1-9,25H,(H,20,23). The molecule has 0 atom stereocenters. The van der Waals surface area contributed by atoms with Crippen LogP contribution >= 0.6 is 11.6 Å². The molecule has 0 fully saturated rings. The number of halogens is 1. The van der Waals surface area contributed by atoms with E-state index in [1.165, 1.54) is 12.4 Å². The summed E-state index contributed by atoms with van der Waals surface area (Å²) in [6.45, 7) is 0. The molecule has 3 aromatic rings. The van der Waals surface area contributed by atoms with Gasteiger partial charge < -0.3 is 10.0 Å². The highest BCUT2D eigenvalue weighted by Crippen LogP contribution is 2.15. The number of fused-ring (bicyclic) bond motifs is 2. The molecular formula is C17H11BClN3O3. The molecule has 0 unspecified atom stereocenters. The van der Waals surface area contributed by atoms with Crippen LogP contribution in [0.2, 0.25) is 5.02 Å². The molecule has 0 spiro atoms. The number of hydrogen-bond donors (Lipinski definition) is 2. The lowest BCUT2D eigenvalue weighted by molar-refractivity contribution is 0.0844. The van der Waals surface area contributed by atoms with Crippen LogP contribution in [-0.4, -0.2) is 34.1 Å². The normalized spacial score (nSPS) is 13.2. The average Bonchev–Trinajstić information content (AvgIpc) is 2.62. The van der Waals surface area contributed by atoms with Gasteiger partial charge in [-0.05, 0) is 35.3 Å². The van der Waals surface area contributed by atoms with E-state index in [4.69, 9.17) is 11.6 Å². The van der Waals surface area contributed by atoms with Crippen molar-refractivity contribution in [2.45, 2.75) is 0 Å². The first kappa shape index (κ1) is 15.6. The first-order chi connectivity index (χ1) is 12.1. The van der Waals surface area contributed by atoms with Gasteiger partial charge in [0, 0.05) is 22.1 Å². The van der Waals surface area contributed by atoms with Gasteiger partial charge in [-0.15, -0.1) is 0 Å². The first-order valence-corrected chi connectivity index (χ1v) is 7.89. The second-order valence-electron chi connectivity index (χ2n) is 5.62. The summed E-state index contributed by atoms with van der Waals surface area (Å²) in [5.41, 5.74) is 1.24. The van der Waals surface area contributed by atoms with Crippen molar-refractivity contribution >= 4 is 47.1 Å². The molecule has 4 rings (SSSR count). The third kappa shape index (κ3) is 2.54. The van der Waals surface area contributed by atoms with Gasteiger partial charge in [0.1, 0.15) is 5.56 Å². The zero-order valence-electron chi connectivity index (χ0n) is 12.8. The Bertz CT molecular complexity index is 1100. The molecule has 1 amide bonds. The van der Waals surface area contributed by atoms with Crippen molar-refractivity contribution in [2.24, 2.45) is 5.10 Å². The number of pyridine rings is 1. The zero-order chi connectivity index (χ0) is 17.6. The number of nitrogens with one attached hydrogen (secondary N) is 1. The van der Waals surface area contributed by atoms with Gasteiger partial charge in [0.2, 0.25) is 5.43 Å². The highest BCUT2D eigenvalue weighted by atomic mass is 35.5. The molecule has 0 saturated carbocycles. The first-order valence-electron chi connectivity index (χ1n) is 7.52. The van der Waals surface area contributed by atoms with Gasteiger partial charge in [-0.1, -0.05) is 29.8 Å². The van der Waals surface area contributed by atoms with Crippen LogP contribution < -0.4 is 10.9 Å². The fourth-order valence-corrected chi connectivity index (χ4v) is 3.01. The quantitative estimate of drug-likeness (QED) is 0.649. The predicted molar refractivity (Wildman–Crippen MR) is 97.4 cm³/mol. The summed E-state index contributed by atoms with van der Waals surface area (Å²) in [6.07, 6.45) is 2.77. The number of aromatic nitrogens is 1. The van der Waals surface area contributed by atoms with E-state index in [1.54, 1.807) is 42.5 Å². The topological polar surface area (TPSA) is 85.8 Å². The van der Waals surface area contributed by atoms with E-state index in [0.29, 0.717) is 27.0 Å². The molecule has 0 bridgehead atoms. The van der Waals surface area contributed by atoms with Crippen LogP contribution in [0.3, 0.4) is 0 Å². The lowest BCUT2D eigenvalue weighted by Gasteiger charge is -2.24. The molecule has 25 heavy (non-hydrogen) atoms. The number of hydrazone groups is 1. The van der Waals surface area contributed by atoms with Crippen molar-refractivity contribution in [2.75, 3.05) is 0 Å². The Balaban J connectivity index is 1.77. The fourth-order valence-electron chi connectivity index (χ4n) is 2.83. The van der Waals surface area contributed by atoms with Crippen LogP contribution in [0.25, 0.3) is 10.9 Å². The summed E-state index contributed by atoms with van der Waals surface area (Å²) >= 11 is 5.93. The minimum Gasteiger partial charge on any atom is -0.427 e. The molecule has 0 aliphatic carbocycles. The number of para-hydroxylation sites is 1. The molecule has 0 saturated heterocycles. The van der Waals surface area contributed by atoms with Crippen molar-refractivity contribution in [3.05, 3.63) is 75.0 Å². The lowest BCUT2D eigenvalue weighted by Crippen LogP contribution is -2.53. The molecule has 1 aliphatic rings. The number of aromatic amines is 1. The van der Waals surface area contributed by atoms with Crippen molar-refractivity contribution in [1.29, 1.82) is 0 Å². The van der Waals surface area contributed by atoms with E-state index in [0.717, 1.165) is 4.92 Å². The van der Waals surface area contributed by atoms with Crippen molar-refractivity contribution in [3.8, 4) is 0 Å². The molecule has 1 aromatic heterocycles. The number of carbonyl (C=O) groups is 1. The van der Waals surface area contributed by atoms with Crippen molar-refractivity contribution in [1.82, 2.24) is 9.90 Å². The van der Waals surface area contributed by atoms with Crippen molar-refractivity contribution < 1.29 is 9.82 Å². The summed E-state index contributed by atoms with van der Waals surface area (Å²) in [6, 6.07) is 11.8. The molecule has 2 heterocycles. The summed E-state index contributed by atoms with van der Waals surface area (Å²) in [7, 11) is -1.30. The van der Waals surface area contributed by atoms with Crippen LogP contribution in [0.4, 0.5) is 0 Å². The maximum atomic E-state index is 12.8. The van der Waals surface area contributed by atoms with E-state index in [1.807, 2.05) is 0 Å². The van der Waals surface area contributed by atoms with Crippen LogP contribution in [0.15, 0.2) is 58.6 Å². The Morgan fingerprint density at radius 2 is 2.04 bits per heavy atom. The molecule has 2 aromatic carbocycles. The van der Waals surface area contributed by atoms with Crippen LogP contribution in [-0.2, 0) is 0 Å². The largest absolute Gasteiger partial charge is 0.474 e. The van der Waals surface area contributed by atoms with E-state index in [2.05, 4.69) is 10.1 Å². The average molecular weight is 352 g/mol. The minimum absolute atomic E-state index is 0.0905. The van der Waals surface area contributed by atoms with Gasteiger partial charge in [0.15, 0.2) is 0 Å². The summed E-state index contributed by atoms with van der Waals surface area (Å²) in [5, 5.41) is 15.4. The number of rotatable bonds is 1. The molecule has 0 radical (unpaired) electrons. The van der Waals surface area contributed by atoms with Gasteiger partial charge in [-0.25, -0.2) is 4.92 Å². The lowest BCUT2D eigenvalue weighted by atomic mass is 9.69. The van der Waals surface area contributed by atoms with Gasteiger partial charge in [0.05, 0.1) is 6.21 Å². The number of carbonyl (C=O) groups excluding carboxylic acids is 1. The number of nitrogens with zero attached hydrogens (tertiary/aromatic N) is 2. The Hall–Kier alpha value is -2.90. The van der Waals surface area contributed by atoms with Crippen LogP contribution in [0.5, 0.6) is 0 Å². The highest BCUT2D eigenvalue weighted by molar-refractivity contribution is 6.68. The van der Waals surface area contributed by atoms with E-state index in [-0.39, 0.29) is 5.56 Å². The third-order valence-electron chi connectivity index (χ3n) is 4.11. The number of benzene rings is 2. The number of H-pyrrole nitrogens is 1. The summed E-state index contributed by atoms with van der Waals surface area (Å²) in [5.74, 6) is -0.684. The van der Waals surface area contributed by atoms with E-state index in [9.17, 15) is 14.6 Å². The molecule has 1 aliphatic heterocycles. The Kier molecular flexibility index (Phi) is 3.67. The monoisotopic (exact) mass is 351 g/mol. The minimum atomic E-state index is -1.30. The van der Waals surface area contributed by atoms with E-state index >= 15 is 0 Å². The number of hydrogen-bond acceptors (Lipinski definition) is 4. The maximum Gasteiger partial charge on any atom is 0.474 e. The third-order valence-corrected chi connectivity index (χ3v) is 4.34. The summed E-state index contributed by atoms with van der Waals surface area (Å²) in [4.78, 5) is 29.2. The number of amides is 1.